The van der Waals surface area contributed by atoms with Crippen molar-refractivity contribution in [1.82, 2.24) is 10.2 Å². The quantitative estimate of drug-likeness (QED) is 0.218. The van der Waals surface area contributed by atoms with Gasteiger partial charge in [-0.15, -0.1) is 0 Å². The van der Waals surface area contributed by atoms with Gasteiger partial charge in [0.2, 0.25) is 11.8 Å². The van der Waals surface area contributed by atoms with E-state index >= 15 is 0 Å². The van der Waals surface area contributed by atoms with Crippen molar-refractivity contribution in [2.75, 3.05) is 26.2 Å². The molecular formula is C26H47N3O2. The van der Waals surface area contributed by atoms with Gasteiger partial charge in [-0.25, -0.2) is 0 Å². The van der Waals surface area contributed by atoms with Gasteiger partial charge in [0.1, 0.15) is 0 Å². The maximum Gasteiger partial charge on any atom is 0.228 e. The number of amides is 2. The Hall–Kier alpha value is -1.65. The van der Waals surface area contributed by atoms with Crippen molar-refractivity contribution in [3.63, 3.8) is 0 Å². The summed E-state index contributed by atoms with van der Waals surface area (Å²) in [7, 11) is 0. The van der Waals surface area contributed by atoms with E-state index in [0.29, 0.717) is 39.0 Å². The summed E-state index contributed by atoms with van der Waals surface area (Å²) in [5.41, 5.74) is 0.903. The molecule has 0 saturated carbocycles. The summed E-state index contributed by atoms with van der Waals surface area (Å²) < 4.78 is 0. The molecule has 0 aromatic rings. The molecule has 5 heteroatoms. The molecule has 0 spiro atoms. The molecule has 1 heterocycles. The highest BCUT2D eigenvalue weighted by Gasteiger charge is 2.16. The molecule has 0 fully saturated rings. The summed E-state index contributed by atoms with van der Waals surface area (Å²) in [5, 5.41) is 2.95. The second kappa shape index (κ2) is 19.1. The van der Waals surface area contributed by atoms with E-state index in [1.165, 1.54) is 70.6 Å². The average molecular weight is 434 g/mol. The summed E-state index contributed by atoms with van der Waals surface area (Å²) in [6.45, 7) is 6.60. The van der Waals surface area contributed by atoms with Gasteiger partial charge in [0.05, 0.1) is 13.0 Å². The molecule has 2 amide bonds. The molecule has 1 N–H and O–H groups in total. The Bertz CT molecular complexity index is 543. The molecule has 1 aliphatic heterocycles. The van der Waals surface area contributed by atoms with E-state index in [9.17, 15) is 9.59 Å². The van der Waals surface area contributed by atoms with E-state index in [0.717, 1.165) is 18.6 Å². The molecule has 0 aliphatic carbocycles. The predicted molar refractivity (Wildman–Crippen MR) is 132 cm³/mol. The van der Waals surface area contributed by atoms with Gasteiger partial charge in [0.25, 0.3) is 0 Å². The number of carbonyl (C=O) groups excluding carboxylic acids is 2. The molecular weight excluding hydrogens is 386 g/mol. The lowest BCUT2D eigenvalue weighted by molar-refractivity contribution is -0.130. The summed E-state index contributed by atoms with van der Waals surface area (Å²) in [4.78, 5) is 30.2. The highest BCUT2D eigenvalue weighted by molar-refractivity contribution is 6.00. The van der Waals surface area contributed by atoms with Crippen molar-refractivity contribution < 1.29 is 9.59 Å². The third-order valence-corrected chi connectivity index (χ3v) is 5.88. The van der Waals surface area contributed by atoms with Gasteiger partial charge in [-0.2, -0.15) is 0 Å². The van der Waals surface area contributed by atoms with Crippen LogP contribution in [0.5, 0.6) is 0 Å². The van der Waals surface area contributed by atoms with Crippen LogP contribution < -0.4 is 5.32 Å². The molecule has 178 valence electrons. The molecule has 0 unspecified atom stereocenters. The van der Waals surface area contributed by atoms with Crippen LogP contribution in [-0.2, 0) is 9.59 Å². The fraction of sp³-hybridized carbons (Fsp3) is 0.808. The molecule has 0 bridgehead atoms. The van der Waals surface area contributed by atoms with E-state index in [1.54, 1.807) is 0 Å². The Labute approximate surface area is 191 Å². The predicted octanol–water partition coefficient (Wildman–Crippen LogP) is 5.83. The minimum atomic E-state index is 0.104. The molecule has 0 atom stereocenters. The second-order valence-corrected chi connectivity index (χ2v) is 8.86. The van der Waals surface area contributed by atoms with E-state index in [2.05, 4.69) is 29.4 Å². The van der Waals surface area contributed by atoms with Gasteiger partial charge >= 0.3 is 0 Å². The maximum atomic E-state index is 12.1. The zero-order valence-corrected chi connectivity index (χ0v) is 20.3. The number of carbonyl (C=O) groups is 2. The highest BCUT2D eigenvalue weighted by atomic mass is 16.2. The summed E-state index contributed by atoms with van der Waals surface area (Å²) in [6.07, 6.45) is 22.1. The van der Waals surface area contributed by atoms with Gasteiger partial charge in [-0.3, -0.25) is 14.6 Å². The lowest BCUT2D eigenvalue weighted by Crippen LogP contribution is -2.39. The number of allylic oxidation sites excluding steroid dienone is 2. The second-order valence-electron chi connectivity index (χ2n) is 8.86. The first-order chi connectivity index (χ1) is 15.1. The van der Waals surface area contributed by atoms with Gasteiger partial charge in [0.15, 0.2) is 0 Å². The van der Waals surface area contributed by atoms with Crippen molar-refractivity contribution in [1.29, 1.82) is 0 Å². The molecule has 1 aliphatic rings. The van der Waals surface area contributed by atoms with Crippen molar-refractivity contribution in [2.24, 2.45) is 4.99 Å². The monoisotopic (exact) mass is 433 g/mol. The van der Waals surface area contributed by atoms with Crippen LogP contribution in [0.3, 0.4) is 0 Å². The Morgan fingerprint density at radius 2 is 1.58 bits per heavy atom. The van der Waals surface area contributed by atoms with E-state index in [-0.39, 0.29) is 11.8 Å². The number of rotatable bonds is 18. The van der Waals surface area contributed by atoms with Crippen molar-refractivity contribution >= 4 is 17.5 Å². The first-order valence-corrected chi connectivity index (χ1v) is 12.8. The van der Waals surface area contributed by atoms with Crippen molar-refractivity contribution in [3.8, 4) is 0 Å². The van der Waals surface area contributed by atoms with Crippen LogP contribution in [-0.4, -0.2) is 48.6 Å². The van der Waals surface area contributed by atoms with Crippen LogP contribution in [0.15, 0.2) is 17.1 Å². The van der Waals surface area contributed by atoms with Gasteiger partial charge in [0, 0.05) is 31.8 Å². The van der Waals surface area contributed by atoms with E-state index in [4.69, 9.17) is 0 Å². The first kappa shape index (κ1) is 27.4. The Morgan fingerprint density at radius 1 is 0.968 bits per heavy atom. The molecule has 0 saturated heterocycles. The Morgan fingerprint density at radius 3 is 2.26 bits per heavy atom. The van der Waals surface area contributed by atoms with E-state index in [1.807, 2.05) is 11.8 Å². The zero-order valence-electron chi connectivity index (χ0n) is 20.3. The zero-order chi connectivity index (χ0) is 22.6. The molecule has 0 aromatic heterocycles. The highest BCUT2D eigenvalue weighted by Crippen LogP contribution is 2.10. The smallest absolute Gasteiger partial charge is 0.228 e. The number of hydrogen-bond donors (Lipinski definition) is 1. The molecule has 0 aromatic carbocycles. The Kier molecular flexibility index (Phi) is 16.8. The normalized spacial score (nSPS) is 14.7. The van der Waals surface area contributed by atoms with Crippen LogP contribution in [0.25, 0.3) is 0 Å². The van der Waals surface area contributed by atoms with Crippen LogP contribution in [0, 0.1) is 0 Å². The third kappa shape index (κ3) is 15.8. The van der Waals surface area contributed by atoms with Gasteiger partial charge < -0.3 is 10.2 Å². The number of unbranched alkanes of at least 4 members (excludes halogenated alkanes) is 11. The SMILES string of the molecule is CCCCCCCCC=CCCCCCCCC(=O)NCCN1CCN=C(C)CC1=O. The minimum absolute atomic E-state index is 0.104. The molecule has 0 radical (unpaired) electrons. The topological polar surface area (TPSA) is 61.8 Å². The largest absolute Gasteiger partial charge is 0.354 e. The number of nitrogens with one attached hydrogen (secondary N) is 1. The van der Waals surface area contributed by atoms with Crippen molar-refractivity contribution in [2.45, 2.75) is 110 Å². The van der Waals surface area contributed by atoms with Crippen LogP contribution >= 0.6 is 0 Å². The van der Waals surface area contributed by atoms with Gasteiger partial charge in [-0.1, -0.05) is 70.4 Å². The third-order valence-electron chi connectivity index (χ3n) is 5.88. The lowest BCUT2D eigenvalue weighted by atomic mass is 10.1. The van der Waals surface area contributed by atoms with Crippen LogP contribution in [0.2, 0.25) is 0 Å². The maximum absolute atomic E-state index is 12.1. The standard InChI is InChI=1S/C26H47N3O2/c1-3-4-5-6-7-8-9-10-11-12-13-14-15-16-17-18-25(30)28-20-22-29-21-19-27-24(2)23-26(29)31/h10-11H,3-9,12-23H2,1-2H3,(H,28,30). The van der Waals surface area contributed by atoms with Crippen molar-refractivity contribution in [3.05, 3.63) is 12.2 Å². The fourth-order valence-corrected chi connectivity index (χ4v) is 3.88. The molecule has 1 rings (SSSR count). The first-order valence-electron chi connectivity index (χ1n) is 12.8. The molecule has 5 nitrogen and oxygen atoms in total. The number of hydrogen-bond acceptors (Lipinski definition) is 3. The summed E-state index contributed by atoms with van der Waals surface area (Å²) in [6, 6.07) is 0. The average Bonchev–Trinajstić information content (AvgIpc) is 2.90. The summed E-state index contributed by atoms with van der Waals surface area (Å²) >= 11 is 0. The fourth-order valence-electron chi connectivity index (χ4n) is 3.88. The number of nitrogens with zero attached hydrogens (tertiary/aromatic N) is 2. The van der Waals surface area contributed by atoms with E-state index < -0.39 is 0 Å². The number of aliphatic imine (C=N–C) groups is 1. The van der Waals surface area contributed by atoms with Crippen LogP contribution in [0.4, 0.5) is 0 Å². The minimum Gasteiger partial charge on any atom is -0.354 e. The summed E-state index contributed by atoms with van der Waals surface area (Å²) in [5.74, 6) is 0.220. The Balaban J connectivity index is 1.87. The lowest BCUT2D eigenvalue weighted by Gasteiger charge is -2.20. The van der Waals surface area contributed by atoms with Gasteiger partial charge in [-0.05, 0) is 39.0 Å². The molecule has 31 heavy (non-hydrogen) atoms. The van der Waals surface area contributed by atoms with Crippen LogP contribution in [0.1, 0.15) is 110 Å².